The molecule has 10 nitrogen and oxygen atoms in total. The Bertz CT molecular complexity index is 1350. The summed E-state index contributed by atoms with van der Waals surface area (Å²) < 4.78 is 7.59. The highest BCUT2D eigenvalue weighted by Gasteiger charge is 2.42. The Morgan fingerprint density at radius 1 is 1.08 bits per heavy atom. The van der Waals surface area contributed by atoms with Crippen LogP contribution in [0.4, 0.5) is 11.5 Å². The molecule has 4 fully saturated rings. The first-order valence-corrected chi connectivity index (χ1v) is 13.7. The SMILES string of the molecule is CN1C[C@H]2CC[C@@H](C1)N2c1cc(C(=O)Nc2cccc(C3(Cc4nncn4C)COC3)c2)nc(C2CC2)n1. The van der Waals surface area contributed by atoms with Gasteiger partial charge in [0.1, 0.15) is 29.5 Å². The van der Waals surface area contributed by atoms with Gasteiger partial charge in [0.05, 0.1) is 13.2 Å². The molecule has 3 aliphatic heterocycles. The second-order valence-corrected chi connectivity index (χ2v) is 11.6. The maximum atomic E-state index is 13.5. The molecule has 38 heavy (non-hydrogen) atoms. The summed E-state index contributed by atoms with van der Waals surface area (Å²) in [5.74, 6) is 2.82. The Morgan fingerprint density at radius 2 is 1.87 bits per heavy atom. The maximum Gasteiger partial charge on any atom is 0.274 e. The molecule has 0 spiro atoms. The van der Waals surface area contributed by atoms with Gasteiger partial charge in [0.25, 0.3) is 5.91 Å². The van der Waals surface area contributed by atoms with Crippen molar-refractivity contribution in [3.05, 3.63) is 59.6 Å². The number of ether oxygens (including phenoxy) is 1. The van der Waals surface area contributed by atoms with Crippen molar-refractivity contribution in [2.45, 2.75) is 55.5 Å². The lowest BCUT2D eigenvalue weighted by Crippen LogP contribution is -2.53. The minimum absolute atomic E-state index is 0.177. The predicted octanol–water partition coefficient (Wildman–Crippen LogP) is 2.53. The normalized spacial score (nSPS) is 24.3. The van der Waals surface area contributed by atoms with E-state index in [1.54, 1.807) is 6.33 Å². The van der Waals surface area contributed by atoms with Crippen molar-refractivity contribution in [1.82, 2.24) is 29.6 Å². The van der Waals surface area contributed by atoms with Gasteiger partial charge in [-0.25, -0.2) is 9.97 Å². The van der Waals surface area contributed by atoms with Crippen molar-refractivity contribution in [1.29, 1.82) is 0 Å². The minimum atomic E-state index is -0.193. The van der Waals surface area contributed by atoms with Crippen LogP contribution in [0.1, 0.15) is 59.3 Å². The summed E-state index contributed by atoms with van der Waals surface area (Å²) in [4.78, 5) is 28.1. The fourth-order valence-corrected chi connectivity index (χ4v) is 6.32. The van der Waals surface area contributed by atoms with Crippen molar-refractivity contribution in [2.24, 2.45) is 7.05 Å². The van der Waals surface area contributed by atoms with Crippen LogP contribution in [-0.4, -0.2) is 81.0 Å². The minimum Gasteiger partial charge on any atom is -0.379 e. The van der Waals surface area contributed by atoms with E-state index in [0.717, 1.165) is 61.1 Å². The number of piperazine rings is 1. The highest BCUT2D eigenvalue weighted by molar-refractivity contribution is 6.03. The van der Waals surface area contributed by atoms with E-state index in [1.807, 2.05) is 29.8 Å². The number of rotatable bonds is 7. The van der Waals surface area contributed by atoms with E-state index >= 15 is 0 Å². The smallest absolute Gasteiger partial charge is 0.274 e. The van der Waals surface area contributed by atoms with Gasteiger partial charge >= 0.3 is 0 Å². The molecule has 198 valence electrons. The number of amides is 1. The fraction of sp³-hybridized carbons (Fsp3) is 0.536. The first kappa shape index (κ1) is 23.7. The van der Waals surface area contributed by atoms with Gasteiger partial charge in [-0.1, -0.05) is 12.1 Å². The van der Waals surface area contributed by atoms with E-state index in [-0.39, 0.29) is 11.3 Å². The summed E-state index contributed by atoms with van der Waals surface area (Å²) in [6, 6.07) is 10.9. The molecule has 5 heterocycles. The van der Waals surface area contributed by atoms with Gasteiger partial charge in [0.2, 0.25) is 0 Å². The summed E-state index contributed by atoms with van der Waals surface area (Å²) in [6.45, 7) is 3.30. The summed E-state index contributed by atoms with van der Waals surface area (Å²) in [5, 5.41) is 11.4. The number of fused-ring (bicyclic) bond motifs is 2. The Kier molecular flexibility index (Phi) is 5.70. The fourth-order valence-electron chi connectivity index (χ4n) is 6.32. The molecule has 0 radical (unpaired) electrons. The van der Waals surface area contributed by atoms with E-state index in [1.165, 1.54) is 12.8 Å². The van der Waals surface area contributed by atoms with E-state index in [0.29, 0.717) is 36.9 Å². The second-order valence-electron chi connectivity index (χ2n) is 11.6. The quantitative estimate of drug-likeness (QED) is 0.513. The Labute approximate surface area is 222 Å². The molecule has 10 heteroatoms. The van der Waals surface area contributed by atoms with Crippen LogP contribution in [0.2, 0.25) is 0 Å². The number of hydrogen-bond acceptors (Lipinski definition) is 8. The lowest BCUT2D eigenvalue weighted by Gasteiger charge is -2.41. The molecule has 1 N–H and O–H groups in total. The molecule has 1 aliphatic carbocycles. The van der Waals surface area contributed by atoms with Crippen LogP contribution < -0.4 is 10.2 Å². The zero-order valence-corrected chi connectivity index (χ0v) is 22.0. The van der Waals surface area contributed by atoms with E-state index in [4.69, 9.17) is 14.7 Å². The standard InChI is InChI=1S/C28H34N8O2/c1-34-13-21-8-9-22(14-34)36(21)24-11-23(31-26(32-24)18-6-7-18)27(37)30-20-5-3-4-19(10-20)28(15-38-16-28)12-25-33-29-17-35(25)2/h3-5,10-11,17-18,21-22H,6-9,12-16H2,1-2H3,(H,30,37)/t21-,22+. The summed E-state index contributed by atoms with van der Waals surface area (Å²) >= 11 is 0. The average molecular weight is 515 g/mol. The van der Waals surface area contributed by atoms with Crippen LogP contribution in [0.5, 0.6) is 0 Å². The van der Waals surface area contributed by atoms with Crippen LogP contribution in [0.25, 0.3) is 0 Å². The van der Waals surface area contributed by atoms with Gasteiger partial charge in [-0.15, -0.1) is 10.2 Å². The molecule has 1 aromatic carbocycles. The summed E-state index contributed by atoms with van der Waals surface area (Å²) in [5.41, 5.74) is 2.15. The number of carbonyl (C=O) groups excluding carboxylic acids is 1. The van der Waals surface area contributed by atoms with Gasteiger partial charge < -0.3 is 24.4 Å². The Morgan fingerprint density at radius 3 is 2.53 bits per heavy atom. The Balaban J connectivity index is 1.15. The van der Waals surface area contributed by atoms with Crippen LogP contribution in [0.3, 0.4) is 0 Å². The monoisotopic (exact) mass is 514 g/mol. The number of hydrogen-bond donors (Lipinski definition) is 1. The van der Waals surface area contributed by atoms with Gasteiger partial charge in [-0.05, 0) is 50.4 Å². The lowest BCUT2D eigenvalue weighted by atomic mass is 9.75. The third-order valence-electron chi connectivity index (χ3n) is 8.63. The van der Waals surface area contributed by atoms with Crippen molar-refractivity contribution < 1.29 is 9.53 Å². The third kappa shape index (κ3) is 4.25. The number of aromatic nitrogens is 5. The zero-order chi connectivity index (χ0) is 25.9. The third-order valence-corrected chi connectivity index (χ3v) is 8.63. The molecule has 1 amide bonds. The Hall–Kier alpha value is -3.37. The van der Waals surface area contributed by atoms with Gasteiger partial charge in [-0.3, -0.25) is 4.79 Å². The van der Waals surface area contributed by atoms with Crippen molar-refractivity contribution >= 4 is 17.4 Å². The second kappa shape index (κ2) is 9.13. The van der Waals surface area contributed by atoms with Gasteiger partial charge in [0.15, 0.2) is 0 Å². The number of nitrogens with zero attached hydrogens (tertiary/aromatic N) is 7. The van der Waals surface area contributed by atoms with Crippen LogP contribution in [0.15, 0.2) is 36.7 Å². The van der Waals surface area contributed by atoms with Crippen LogP contribution in [-0.2, 0) is 23.6 Å². The number of carbonyl (C=O) groups is 1. The molecule has 0 unspecified atom stereocenters. The largest absolute Gasteiger partial charge is 0.379 e. The molecular formula is C28H34N8O2. The number of anilines is 2. The molecule has 1 saturated carbocycles. The van der Waals surface area contributed by atoms with Crippen molar-refractivity contribution in [2.75, 3.05) is 43.6 Å². The van der Waals surface area contributed by atoms with Crippen molar-refractivity contribution in [3.8, 4) is 0 Å². The lowest BCUT2D eigenvalue weighted by molar-refractivity contribution is -0.0610. The molecule has 2 bridgehead atoms. The topological polar surface area (TPSA) is 101 Å². The highest BCUT2D eigenvalue weighted by Crippen LogP contribution is 2.41. The average Bonchev–Trinajstić information content (AvgIpc) is 3.60. The first-order chi connectivity index (χ1) is 18.5. The number of benzene rings is 1. The molecule has 3 aromatic rings. The van der Waals surface area contributed by atoms with Gasteiger partial charge in [0, 0.05) is 61.7 Å². The molecule has 3 saturated heterocycles. The summed E-state index contributed by atoms with van der Waals surface area (Å²) in [7, 11) is 4.15. The maximum absolute atomic E-state index is 13.5. The van der Waals surface area contributed by atoms with Crippen LogP contribution in [0, 0.1) is 0 Å². The van der Waals surface area contributed by atoms with E-state index < -0.39 is 0 Å². The number of likely N-dealkylation sites (N-methyl/N-ethyl adjacent to an activating group) is 1. The number of nitrogens with one attached hydrogen (secondary N) is 1. The summed E-state index contributed by atoms with van der Waals surface area (Å²) in [6.07, 6.45) is 6.99. The number of aryl methyl sites for hydroxylation is 1. The number of likely N-dealkylation sites (tertiary alicyclic amines) is 1. The van der Waals surface area contributed by atoms with E-state index in [2.05, 4.69) is 44.5 Å². The molecular weight excluding hydrogens is 480 g/mol. The molecule has 7 rings (SSSR count). The predicted molar refractivity (Wildman–Crippen MR) is 142 cm³/mol. The van der Waals surface area contributed by atoms with Crippen molar-refractivity contribution in [3.63, 3.8) is 0 Å². The molecule has 4 aliphatic rings. The van der Waals surface area contributed by atoms with Crippen LogP contribution >= 0.6 is 0 Å². The van der Waals surface area contributed by atoms with Gasteiger partial charge in [-0.2, -0.15) is 0 Å². The molecule has 2 atom stereocenters. The van der Waals surface area contributed by atoms with E-state index in [9.17, 15) is 4.79 Å². The zero-order valence-electron chi connectivity index (χ0n) is 22.0. The highest BCUT2D eigenvalue weighted by atomic mass is 16.5. The molecule has 2 aromatic heterocycles. The first-order valence-electron chi connectivity index (χ1n) is 13.7.